The zero-order chi connectivity index (χ0) is 14.7. The quantitative estimate of drug-likeness (QED) is 0.567. The maximum absolute atomic E-state index is 10.7. The van der Waals surface area contributed by atoms with Gasteiger partial charge in [-0.1, -0.05) is 59.8 Å². The lowest BCUT2D eigenvalue weighted by Gasteiger charge is -2.17. The number of ether oxygens (including phenoxy) is 1. The monoisotopic (exact) mass is 271 g/mol. The van der Waals surface area contributed by atoms with Gasteiger partial charge in [-0.3, -0.25) is 0 Å². The van der Waals surface area contributed by atoms with E-state index in [1.165, 1.54) is 38.5 Å². The first-order valence-corrected chi connectivity index (χ1v) is 7.81. The van der Waals surface area contributed by atoms with Crippen molar-refractivity contribution in [2.45, 2.75) is 91.6 Å². The van der Waals surface area contributed by atoms with Crippen molar-refractivity contribution in [1.29, 1.82) is 0 Å². The van der Waals surface area contributed by atoms with Crippen LogP contribution in [0.5, 0.6) is 0 Å². The van der Waals surface area contributed by atoms with E-state index >= 15 is 0 Å². The van der Waals surface area contributed by atoms with E-state index in [9.17, 15) is 4.79 Å². The van der Waals surface area contributed by atoms with Crippen LogP contribution in [0.15, 0.2) is 0 Å². The Balaban J connectivity index is 3.37. The average Bonchev–Trinajstić information content (AvgIpc) is 2.29. The van der Waals surface area contributed by atoms with Gasteiger partial charge in [0.15, 0.2) is 0 Å². The third kappa shape index (κ3) is 13.5. The Kier molecular flexibility index (Phi) is 9.72. The highest BCUT2D eigenvalue weighted by atomic mass is 16.6. The maximum atomic E-state index is 10.7. The molecule has 19 heavy (non-hydrogen) atoms. The van der Waals surface area contributed by atoms with Crippen LogP contribution in [0, 0.1) is 5.41 Å². The molecule has 2 N–H and O–H groups in total. The molecule has 0 aromatic rings. The van der Waals surface area contributed by atoms with Gasteiger partial charge in [0.2, 0.25) is 0 Å². The molecule has 0 bridgehead atoms. The lowest BCUT2D eigenvalue weighted by Crippen LogP contribution is -2.22. The van der Waals surface area contributed by atoms with Gasteiger partial charge in [-0.25, -0.2) is 4.79 Å². The summed E-state index contributed by atoms with van der Waals surface area (Å²) >= 11 is 0. The largest absolute Gasteiger partial charge is 0.446 e. The number of hydrogen-bond donors (Lipinski definition) is 1. The third-order valence-corrected chi connectivity index (χ3v) is 3.44. The molecule has 3 heteroatoms. The smallest absolute Gasteiger partial charge is 0.404 e. The third-order valence-electron chi connectivity index (χ3n) is 3.44. The van der Waals surface area contributed by atoms with Crippen molar-refractivity contribution in [2.24, 2.45) is 11.1 Å². The van der Waals surface area contributed by atoms with Crippen LogP contribution < -0.4 is 5.73 Å². The van der Waals surface area contributed by atoms with Crippen LogP contribution in [-0.2, 0) is 4.74 Å². The summed E-state index contributed by atoms with van der Waals surface area (Å²) in [6, 6.07) is 0. The van der Waals surface area contributed by atoms with Crippen molar-refractivity contribution in [3.05, 3.63) is 0 Å². The van der Waals surface area contributed by atoms with Crippen molar-refractivity contribution in [2.75, 3.05) is 0 Å². The molecule has 1 atom stereocenters. The number of carbonyl (C=O) groups is 1. The van der Waals surface area contributed by atoms with Gasteiger partial charge >= 0.3 is 6.09 Å². The Morgan fingerprint density at radius 2 is 1.58 bits per heavy atom. The number of amides is 1. The zero-order valence-electron chi connectivity index (χ0n) is 13.3. The minimum atomic E-state index is -0.644. The predicted octanol–water partition coefficient (Wildman–Crippen LogP) is 5.03. The van der Waals surface area contributed by atoms with Gasteiger partial charge < -0.3 is 10.5 Å². The Labute approximate surface area is 119 Å². The molecule has 114 valence electrons. The molecule has 0 rings (SSSR count). The van der Waals surface area contributed by atoms with Gasteiger partial charge in [0.25, 0.3) is 0 Å². The van der Waals surface area contributed by atoms with Crippen LogP contribution in [0.25, 0.3) is 0 Å². The SMILES string of the molecule is CCC(CCCCCCCCC(C)(C)C)OC(N)=O. The van der Waals surface area contributed by atoms with Gasteiger partial charge in [-0.2, -0.15) is 0 Å². The fourth-order valence-corrected chi connectivity index (χ4v) is 2.25. The van der Waals surface area contributed by atoms with Crippen molar-refractivity contribution in [1.82, 2.24) is 0 Å². The second-order valence-electron chi connectivity index (χ2n) is 6.69. The second-order valence-corrected chi connectivity index (χ2v) is 6.69. The van der Waals surface area contributed by atoms with Crippen molar-refractivity contribution >= 4 is 6.09 Å². The van der Waals surface area contributed by atoms with Crippen LogP contribution in [0.1, 0.15) is 85.5 Å². The standard InChI is InChI=1S/C16H33NO2/c1-5-14(19-15(17)18)12-10-8-6-7-9-11-13-16(2,3)4/h14H,5-13H2,1-4H3,(H2,17,18). The molecule has 0 saturated carbocycles. The molecule has 0 aromatic heterocycles. The highest BCUT2D eigenvalue weighted by Gasteiger charge is 2.10. The molecule has 0 aliphatic carbocycles. The molecule has 0 aliphatic rings. The molecule has 0 aromatic carbocycles. The van der Waals surface area contributed by atoms with E-state index in [1.54, 1.807) is 0 Å². The summed E-state index contributed by atoms with van der Waals surface area (Å²) in [6.45, 7) is 8.93. The fourth-order valence-electron chi connectivity index (χ4n) is 2.25. The molecule has 1 unspecified atom stereocenters. The Morgan fingerprint density at radius 3 is 2.05 bits per heavy atom. The summed E-state index contributed by atoms with van der Waals surface area (Å²) in [5, 5.41) is 0. The van der Waals surface area contributed by atoms with Gasteiger partial charge in [0.1, 0.15) is 6.10 Å². The van der Waals surface area contributed by atoms with Gasteiger partial charge in [-0.15, -0.1) is 0 Å². The molecule has 0 saturated heterocycles. The van der Waals surface area contributed by atoms with Gasteiger partial charge in [-0.05, 0) is 31.1 Å². The maximum Gasteiger partial charge on any atom is 0.404 e. The van der Waals surface area contributed by atoms with E-state index in [4.69, 9.17) is 10.5 Å². The van der Waals surface area contributed by atoms with E-state index in [2.05, 4.69) is 20.8 Å². The molecule has 1 amide bonds. The Hall–Kier alpha value is -0.730. The fraction of sp³-hybridized carbons (Fsp3) is 0.938. The van der Waals surface area contributed by atoms with Crippen molar-refractivity contribution < 1.29 is 9.53 Å². The normalized spacial score (nSPS) is 13.3. The number of rotatable bonds is 10. The van der Waals surface area contributed by atoms with Crippen LogP contribution in [-0.4, -0.2) is 12.2 Å². The first-order valence-electron chi connectivity index (χ1n) is 7.81. The van der Waals surface area contributed by atoms with E-state index < -0.39 is 6.09 Å². The number of unbranched alkanes of at least 4 members (excludes halogenated alkanes) is 5. The number of nitrogens with two attached hydrogens (primary N) is 1. The number of primary amides is 1. The van der Waals surface area contributed by atoms with E-state index in [0.717, 1.165) is 19.3 Å². The lowest BCUT2D eigenvalue weighted by atomic mass is 9.89. The van der Waals surface area contributed by atoms with Crippen molar-refractivity contribution in [3.63, 3.8) is 0 Å². The van der Waals surface area contributed by atoms with Gasteiger partial charge in [0, 0.05) is 0 Å². The van der Waals surface area contributed by atoms with Gasteiger partial charge in [0.05, 0.1) is 0 Å². The van der Waals surface area contributed by atoms with E-state index in [0.29, 0.717) is 5.41 Å². The summed E-state index contributed by atoms with van der Waals surface area (Å²) in [4.78, 5) is 10.7. The molecular formula is C16H33NO2. The van der Waals surface area contributed by atoms with Crippen LogP contribution in [0.3, 0.4) is 0 Å². The first-order chi connectivity index (χ1) is 8.85. The minimum absolute atomic E-state index is 0.0124. The topological polar surface area (TPSA) is 52.3 Å². The highest BCUT2D eigenvalue weighted by Crippen LogP contribution is 2.22. The summed E-state index contributed by atoms with van der Waals surface area (Å²) in [7, 11) is 0. The summed E-state index contributed by atoms with van der Waals surface area (Å²) < 4.78 is 5.02. The molecule has 0 aliphatic heterocycles. The molecule has 3 nitrogen and oxygen atoms in total. The zero-order valence-corrected chi connectivity index (χ0v) is 13.3. The summed E-state index contributed by atoms with van der Waals surface area (Å²) in [6.07, 6.45) is 10.1. The van der Waals surface area contributed by atoms with Crippen LogP contribution in [0.2, 0.25) is 0 Å². The van der Waals surface area contributed by atoms with E-state index in [-0.39, 0.29) is 6.10 Å². The Bertz CT molecular complexity index is 233. The second kappa shape index (κ2) is 10.1. The summed E-state index contributed by atoms with van der Waals surface area (Å²) in [5.74, 6) is 0. The Morgan fingerprint density at radius 1 is 1.05 bits per heavy atom. The van der Waals surface area contributed by atoms with Crippen molar-refractivity contribution in [3.8, 4) is 0 Å². The number of hydrogen-bond acceptors (Lipinski definition) is 2. The minimum Gasteiger partial charge on any atom is -0.446 e. The molecular weight excluding hydrogens is 238 g/mol. The predicted molar refractivity (Wildman–Crippen MR) is 81.1 cm³/mol. The van der Waals surface area contributed by atoms with Crippen LogP contribution in [0.4, 0.5) is 4.79 Å². The summed E-state index contributed by atoms with van der Waals surface area (Å²) in [5.41, 5.74) is 5.50. The average molecular weight is 271 g/mol. The molecule has 0 spiro atoms. The van der Waals surface area contributed by atoms with Crippen LogP contribution >= 0.6 is 0 Å². The molecule has 0 fully saturated rings. The lowest BCUT2D eigenvalue weighted by molar-refractivity contribution is 0.0969. The first kappa shape index (κ1) is 18.3. The molecule has 0 radical (unpaired) electrons. The number of carbonyl (C=O) groups excluding carboxylic acids is 1. The molecule has 0 heterocycles. The van der Waals surface area contributed by atoms with E-state index in [1.807, 2.05) is 6.92 Å². The highest BCUT2D eigenvalue weighted by molar-refractivity contribution is 5.64.